The van der Waals surface area contributed by atoms with Gasteiger partial charge in [-0.1, -0.05) is 18.2 Å². The van der Waals surface area contributed by atoms with Crippen LogP contribution in [0.25, 0.3) is 10.9 Å². The molecule has 1 heterocycles. The normalized spacial score (nSPS) is 10.8. The molecule has 0 saturated heterocycles. The third kappa shape index (κ3) is 2.94. The molecule has 3 rings (SSSR count). The lowest BCUT2D eigenvalue weighted by molar-refractivity contribution is 0.253. The summed E-state index contributed by atoms with van der Waals surface area (Å²) in [6.07, 6.45) is 0. The van der Waals surface area contributed by atoms with E-state index in [1.165, 1.54) is 0 Å². The molecule has 2 aromatic carbocycles. The second kappa shape index (κ2) is 5.40. The van der Waals surface area contributed by atoms with Crippen molar-refractivity contribution in [1.82, 2.24) is 4.98 Å². The average Bonchev–Trinajstić information content (AvgIpc) is 2.44. The van der Waals surface area contributed by atoms with Crippen LogP contribution in [0.3, 0.4) is 0 Å². The number of hydrogen-bond acceptors (Lipinski definition) is 4. The molecule has 0 aliphatic rings. The van der Waals surface area contributed by atoms with Gasteiger partial charge in [0.2, 0.25) is 5.89 Å². The molecule has 4 nitrogen and oxygen atoms in total. The summed E-state index contributed by atoms with van der Waals surface area (Å²) >= 11 is 0. The third-order valence-corrected chi connectivity index (χ3v) is 3.14. The van der Waals surface area contributed by atoms with Crippen molar-refractivity contribution in [2.24, 2.45) is 0 Å². The molecule has 0 saturated carbocycles. The molecular formula is C17H15NO3. The quantitative estimate of drug-likeness (QED) is 0.738. The number of aryl methyl sites for hydroxylation is 2. The van der Waals surface area contributed by atoms with E-state index >= 15 is 0 Å². The highest BCUT2D eigenvalue weighted by Gasteiger charge is 2.06. The molecule has 0 spiro atoms. The molecule has 4 heteroatoms. The van der Waals surface area contributed by atoms with Gasteiger partial charge in [0.05, 0.1) is 10.9 Å². The van der Waals surface area contributed by atoms with Crippen LogP contribution < -0.4 is 10.4 Å². The number of hydrogen-bond donors (Lipinski definition) is 0. The van der Waals surface area contributed by atoms with Crippen LogP contribution in [-0.2, 0) is 6.61 Å². The predicted molar refractivity (Wildman–Crippen MR) is 80.5 cm³/mol. The van der Waals surface area contributed by atoms with Crippen LogP contribution in [0.15, 0.2) is 51.7 Å². The highest BCUT2D eigenvalue weighted by atomic mass is 16.5. The first-order chi connectivity index (χ1) is 10.1. The summed E-state index contributed by atoms with van der Waals surface area (Å²) in [4.78, 5) is 16.2. The summed E-state index contributed by atoms with van der Waals surface area (Å²) < 4.78 is 10.8. The topological polar surface area (TPSA) is 52.3 Å². The fourth-order valence-corrected chi connectivity index (χ4v) is 2.29. The van der Waals surface area contributed by atoms with E-state index in [2.05, 4.69) is 11.1 Å². The Morgan fingerprint density at radius 1 is 1.10 bits per heavy atom. The monoisotopic (exact) mass is 281 g/mol. The molecule has 106 valence electrons. The zero-order chi connectivity index (χ0) is 14.8. The summed E-state index contributed by atoms with van der Waals surface area (Å²) in [7, 11) is 0. The van der Waals surface area contributed by atoms with Gasteiger partial charge in [0.25, 0.3) is 0 Å². The lowest BCUT2D eigenvalue weighted by Crippen LogP contribution is -2.07. The van der Waals surface area contributed by atoms with Crippen LogP contribution in [0.2, 0.25) is 0 Å². The van der Waals surface area contributed by atoms with Crippen LogP contribution >= 0.6 is 0 Å². The molecule has 0 unspecified atom stereocenters. The summed E-state index contributed by atoms with van der Waals surface area (Å²) in [5.74, 6) is 1.02. The molecule has 3 aromatic rings. The van der Waals surface area contributed by atoms with Crippen molar-refractivity contribution in [3.05, 3.63) is 69.9 Å². The van der Waals surface area contributed by atoms with Gasteiger partial charge in [0.15, 0.2) is 6.61 Å². The van der Waals surface area contributed by atoms with Gasteiger partial charge in [0.1, 0.15) is 5.75 Å². The number of rotatable bonds is 3. The Morgan fingerprint density at radius 2 is 1.81 bits per heavy atom. The summed E-state index contributed by atoms with van der Waals surface area (Å²) in [6, 6.07) is 13.0. The number of benzene rings is 2. The Balaban J connectivity index is 1.86. The van der Waals surface area contributed by atoms with E-state index in [0.29, 0.717) is 10.9 Å². The maximum Gasteiger partial charge on any atom is 0.346 e. The van der Waals surface area contributed by atoms with Crippen molar-refractivity contribution in [3.8, 4) is 5.75 Å². The van der Waals surface area contributed by atoms with Gasteiger partial charge in [0, 0.05) is 0 Å². The number of aromatic nitrogens is 1. The van der Waals surface area contributed by atoms with Crippen molar-refractivity contribution < 1.29 is 9.15 Å². The van der Waals surface area contributed by atoms with E-state index in [0.717, 1.165) is 16.9 Å². The molecule has 0 amide bonds. The fraction of sp³-hybridized carbons (Fsp3) is 0.176. The second-order valence-corrected chi connectivity index (χ2v) is 5.02. The summed E-state index contributed by atoms with van der Waals surface area (Å²) in [6.45, 7) is 4.14. The van der Waals surface area contributed by atoms with Crippen LogP contribution in [0.1, 0.15) is 17.0 Å². The van der Waals surface area contributed by atoms with Crippen molar-refractivity contribution in [3.63, 3.8) is 0 Å². The minimum Gasteiger partial charge on any atom is -0.484 e. The molecule has 0 bridgehead atoms. The van der Waals surface area contributed by atoms with Gasteiger partial charge in [-0.25, -0.2) is 9.78 Å². The van der Waals surface area contributed by atoms with E-state index in [4.69, 9.17) is 9.15 Å². The zero-order valence-corrected chi connectivity index (χ0v) is 11.9. The van der Waals surface area contributed by atoms with Crippen molar-refractivity contribution >= 4 is 10.9 Å². The Bertz CT molecular complexity index is 832. The Kier molecular flexibility index (Phi) is 3.44. The molecule has 0 aliphatic heterocycles. The second-order valence-electron chi connectivity index (χ2n) is 5.02. The SMILES string of the molecule is Cc1cc(C)cc(OCc2nc3ccccc3c(=O)o2)c1. The zero-order valence-electron chi connectivity index (χ0n) is 11.9. The van der Waals surface area contributed by atoms with Crippen LogP contribution in [0, 0.1) is 13.8 Å². The van der Waals surface area contributed by atoms with E-state index < -0.39 is 0 Å². The van der Waals surface area contributed by atoms with Crippen LogP contribution in [-0.4, -0.2) is 4.98 Å². The number of nitrogens with zero attached hydrogens (tertiary/aromatic N) is 1. The van der Waals surface area contributed by atoms with Gasteiger partial charge in [-0.15, -0.1) is 0 Å². The highest BCUT2D eigenvalue weighted by Crippen LogP contribution is 2.17. The molecule has 0 fully saturated rings. The molecular weight excluding hydrogens is 266 g/mol. The Labute approximate surface area is 122 Å². The number of para-hydroxylation sites is 1. The van der Waals surface area contributed by atoms with E-state index in [1.807, 2.05) is 32.0 Å². The first-order valence-electron chi connectivity index (χ1n) is 6.72. The summed E-state index contributed by atoms with van der Waals surface area (Å²) in [5.41, 5.74) is 2.48. The van der Waals surface area contributed by atoms with Gasteiger partial charge in [-0.2, -0.15) is 0 Å². The van der Waals surface area contributed by atoms with E-state index in [9.17, 15) is 4.79 Å². The minimum absolute atomic E-state index is 0.128. The van der Waals surface area contributed by atoms with Crippen molar-refractivity contribution in [2.45, 2.75) is 20.5 Å². The molecule has 0 radical (unpaired) electrons. The number of ether oxygens (including phenoxy) is 1. The maximum absolute atomic E-state index is 11.9. The summed E-state index contributed by atoms with van der Waals surface area (Å²) in [5, 5.41) is 0.479. The minimum atomic E-state index is -0.389. The number of fused-ring (bicyclic) bond motifs is 1. The molecule has 0 aliphatic carbocycles. The fourth-order valence-electron chi connectivity index (χ4n) is 2.29. The first kappa shape index (κ1) is 13.4. The Morgan fingerprint density at radius 3 is 2.57 bits per heavy atom. The molecule has 1 aromatic heterocycles. The first-order valence-corrected chi connectivity index (χ1v) is 6.72. The van der Waals surface area contributed by atoms with E-state index in [1.54, 1.807) is 18.2 Å². The van der Waals surface area contributed by atoms with Gasteiger partial charge < -0.3 is 9.15 Å². The molecule has 21 heavy (non-hydrogen) atoms. The third-order valence-electron chi connectivity index (χ3n) is 3.14. The van der Waals surface area contributed by atoms with Crippen molar-refractivity contribution in [1.29, 1.82) is 0 Å². The Hall–Kier alpha value is -2.62. The van der Waals surface area contributed by atoms with E-state index in [-0.39, 0.29) is 18.1 Å². The van der Waals surface area contributed by atoms with Crippen LogP contribution in [0.4, 0.5) is 0 Å². The standard InChI is InChI=1S/C17H15NO3/c1-11-7-12(2)9-13(8-11)20-10-16-18-15-6-4-3-5-14(15)17(19)21-16/h3-9H,10H2,1-2H3. The van der Waals surface area contributed by atoms with Gasteiger partial charge >= 0.3 is 5.63 Å². The van der Waals surface area contributed by atoms with Crippen LogP contribution in [0.5, 0.6) is 5.75 Å². The highest BCUT2D eigenvalue weighted by molar-refractivity contribution is 5.76. The maximum atomic E-state index is 11.9. The largest absolute Gasteiger partial charge is 0.484 e. The van der Waals surface area contributed by atoms with Gasteiger partial charge in [-0.05, 0) is 49.2 Å². The lowest BCUT2D eigenvalue weighted by atomic mass is 10.1. The molecule has 0 atom stereocenters. The smallest absolute Gasteiger partial charge is 0.346 e. The van der Waals surface area contributed by atoms with Crippen molar-refractivity contribution in [2.75, 3.05) is 0 Å². The predicted octanol–water partition coefficient (Wildman–Crippen LogP) is 3.38. The van der Waals surface area contributed by atoms with Gasteiger partial charge in [-0.3, -0.25) is 0 Å². The molecule has 0 N–H and O–H groups in total. The lowest BCUT2D eigenvalue weighted by Gasteiger charge is -2.07. The average molecular weight is 281 g/mol.